The van der Waals surface area contributed by atoms with Crippen LogP contribution in [0.2, 0.25) is 5.02 Å². The number of carbonyl (C=O) groups is 1. The lowest BCUT2D eigenvalue weighted by molar-refractivity contribution is 0.102. The van der Waals surface area contributed by atoms with Gasteiger partial charge in [0.2, 0.25) is 0 Å². The summed E-state index contributed by atoms with van der Waals surface area (Å²) in [6.45, 7) is 3.65. The van der Waals surface area contributed by atoms with E-state index >= 15 is 0 Å². The van der Waals surface area contributed by atoms with Crippen molar-refractivity contribution in [3.8, 4) is 0 Å². The normalized spacial score (nSPS) is 11.6. The van der Waals surface area contributed by atoms with Crippen molar-refractivity contribution in [2.75, 3.05) is 21.4 Å². The van der Waals surface area contributed by atoms with E-state index in [1.165, 1.54) is 79.8 Å². The third kappa shape index (κ3) is 6.25. The smallest absolute Gasteiger partial charge is 0.264 e. The number of nitrogens with one attached hydrogen (secondary N) is 2. The zero-order chi connectivity index (χ0) is 28.4. The van der Waals surface area contributed by atoms with E-state index < -0.39 is 26.0 Å². The second-order valence-electron chi connectivity index (χ2n) is 8.82. The molecule has 0 spiro atoms. The lowest BCUT2D eigenvalue weighted by atomic mass is 10.1. The van der Waals surface area contributed by atoms with Crippen LogP contribution in [0.15, 0.2) is 101 Å². The summed E-state index contributed by atoms with van der Waals surface area (Å²) in [5, 5.41) is 3.14. The highest BCUT2D eigenvalue weighted by atomic mass is 35.5. The standard InChI is InChI=1S/C28H26ClN3O5S2/c1-19-5-4-6-20(2)27(19)31-38(34,35)25-17-11-23(12-18-25)30-28(33)21-7-13-24(14-8-21)32(3)39(36,37)26-15-9-22(29)10-16-26/h4-18,31H,1-3H3,(H,30,33). The first kappa shape index (κ1) is 28.2. The summed E-state index contributed by atoms with van der Waals surface area (Å²) in [4.78, 5) is 12.9. The Bertz CT molecular complexity index is 1700. The van der Waals surface area contributed by atoms with E-state index in [0.29, 0.717) is 27.6 Å². The van der Waals surface area contributed by atoms with Gasteiger partial charge in [0.05, 0.1) is 21.2 Å². The molecule has 11 heteroatoms. The molecular weight excluding hydrogens is 558 g/mol. The monoisotopic (exact) mass is 583 g/mol. The SMILES string of the molecule is Cc1cccc(C)c1NS(=O)(=O)c1ccc(NC(=O)c2ccc(N(C)S(=O)(=O)c3ccc(Cl)cc3)cc2)cc1. The van der Waals surface area contributed by atoms with Gasteiger partial charge in [0.15, 0.2) is 0 Å². The van der Waals surface area contributed by atoms with Gasteiger partial charge in [-0.3, -0.25) is 13.8 Å². The van der Waals surface area contributed by atoms with Crippen LogP contribution in [0, 0.1) is 13.8 Å². The second kappa shape index (κ2) is 11.1. The molecule has 0 bridgehead atoms. The zero-order valence-electron chi connectivity index (χ0n) is 21.3. The molecule has 4 aromatic carbocycles. The minimum absolute atomic E-state index is 0.0532. The molecule has 0 unspecified atom stereocenters. The number of hydrogen-bond donors (Lipinski definition) is 2. The fourth-order valence-corrected chi connectivity index (χ4v) is 6.34. The highest BCUT2D eigenvalue weighted by molar-refractivity contribution is 7.93. The molecule has 4 aromatic rings. The Labute approximate surface area is 233 Å². The van der Waals surface area contributed by atoms with Crippen LogP contribution in [0.3, 0.4) is 0 Å². The molecule has 4 rings (SSSR count). The number of nitrogens with zero attached hydrogens (tertiary/aromatic N) is 1. The van der Waals surface area contributed by atoms with Crippen molar-refractivity contribution in [2.45, 2.75) is 23.6 Å². The molecular formula is C28H26ClN3O5S2. The van der Waals surface area contributed by atoms with Crippen LogP contribution in [-0.4, -0.2) is 29.8 Å². The van der Waals surface area contributed by atoms with Crippen molar-refractivity contribution < 1.29 is 21.6 Å². The van der Waals surface area contributed by atoms with Gasteiger partial charge in [-0.2, -0.15) is 0 Å². The Kier molecular flexibility index (Phi) is 8.01. The van der Waals surface area contributed by atoms with Crippen LogP contribution >= 0.6 is 11.6 Å². The van der Waals surface area contributed by atoms with Gasteiger partial charge in [-0.1, -0.05) is 29.8 Å². The van der Waals surface area contributed by atoms with E-state index in [1.807, 2.05) is 32.0 Å². The molecule has 0 saturated carbocycles. The molecule has 0 saturated heterocycles. The molecule has 8 nitrogen and oxygen atoms in total. The lowest BCUT2D eigenvalue weighted by Gasteiger charge is -2.20. The molecule has 39 heavy (non-hydrogen) atoms. The molecule has 0 aromatic heterocycles. The highest BCUT2D eigenvalue weighted by Gasteiger charge is 2.22. The topological polar surface area (TPSA) is 113 Å². The predicted octanol–water partition coefficient (Wildman–Crippen LogP) is 5.84. The Morgan fingerprint density at radius 1 is 0.744 bits per heavy atom. The van der Waals surface area contributed by atoms with Crippen LogP contribution < -0.4 is 14.3 Å². The summed E-state index contributed by atoms with van der Waals surface area (Å²) < 4.78 is 55.3. The summed E-state index contributed by atoms with van der Waals surface area (Å²) in [6.07, 6.45) is 0. The van der Waals surface area contributed by atoms with E-state index in [0.717, 1.165) is 15.4 Å². The Morgan fingerprint density at radius 2 is 1.28 bits per heavy atom. The maximum atomic E-state index is 12.9. The van der Waals surface area contributed by atoms with Gasteiger partial charge in [-0.15, -0.1) is 0 Å². The Morgan fingerprint density at radius 3 is 1.85 bits per heavy atom. The first-order valence-electron chi connectivity index (χ1n) is 11.7. The molecule has 1 amide bonds. The van der Waals surface area contributed by atoms with Gasteiger partial charge in [-0.25, -0.2) is 16.8 Å². The molecule has 2 N–H and O–H groups in total. The van der Waals surface area contributed by atoms with Crippen molar-refractivity contribution in [1.82, 2.24) is 0 Å². The molecule has 0 aliphatic carbocycles. The first-order chi connectivity index (χ1) is 18.4. The maximum Gasteiger partial charge on any atom is 0.264 e. The van der Waals surface area contributed by atoms with Gasteiger partial charge in [-0.05, 0) is 97.8 Å². The number of anilines is 3. The fourth-order valence-electron chi connectivity index (χ4n) is 3.82. The van der Waals surface area contributed by atoms with Crippen LogP contribution in [0.5, 0.6) is 0 Å². The lowest BCUT2D eigenvalue weighted by Crippen LogP contribution is -2.26. The van der Waals surface area contributed by atoms with Crippen LogP contribution in [0.25, 0.3) is 0 Å². The summed E-state index contributed by atoms with van der Waals surface area (Å²) >= 11 is 5.86. The van der Waals surface area contributed by atoms with Crippen LogP contribution in [0.1, 0.15) is 21.5 Å². The van der Waals surface area contributed by atoms with Gasteiger partial charge >= 0.3 is 0 Å². The van der Waals surface area contributed by atoms with Gasteiger partial charge in [0.25, 0.3) is 26.0 Å². The van der Waals surface area contributed by atoms with E-state index in [2.05, 4.69) is 10.0 Å². The number of sulfonamides is 2. The zero-order valence-corrected chi connectivity index (χ0v) is 23.7. The second-order valence-corrected chi connectivity index (χ2v) is 12.9. The van der Waals surface area contributed by atoms with Crippen molar-refractivity contribution in [3.05, 3.63) is 113 Å². The number of aryl methyl sites for hydroxylation is 2. The number of amides is 1. The number of benzene rings is 4. The number of halogens is 1. The van der Waals surface area contributed by atoms with Crippen molar-refractivity contribution in [2.24, 2.45) is 0 Å². The molecule has 0 aliphatic heterocycles. The maximum absolute atomic E-state index is 12.9. The summed E-state index contributed by atoms with van der Waals surface area (Å²) in [6, 6.07) is 23.2. The number of carbonyl (C=O) groups excluding carboxylic acids is 1. The minimum atomic E-state index is -3.83. The average Bonchev–Trinajstić information content (AvgIpc) is 2.91. The average molecular weight is 584 g/mol. The molecule has 0 aliphatic rings. The Balaban J connectivity index is 1.44. The third-order valence-corrected chi connectivity index (χ3v) is 9.52. The quantitative estimate of drug-likeness (QED) is 0.271. The first-order valence-corrected chi connectivity index (χ1v) is 15.0. The van der Waals surface area contributed by atoms with Crippen LogP contribution in [-0.2, 0) is 20.0 Å². The largest absolute Gasteiger partial charge is 0.322 e. The third-order valence-electron chi connectivity index (χ3n) is 6.11. The summed E-state index contributed by atoms with van der Waals surface area (Å²) in [5.74, 6) is -0.436. The summed E-state index contributed by atoms with van der Waals surface area (Å²) in [7, 11) is -6.22. The van der Waals surface area contributed by atoms with Gasteiger partial charge in [0, 0.05) is 23.3 Å². The molecule has 0 fully saturated rings. The highest BCUT2D eigenvalue weighted by Crippen LogP contribution is 2.26. The van der Waals surface area contributed by atoms with E-state index in [1.54, 1.807) is 0 Å². The van der Waals surface area contributed by atoms with E-state index in [4.69, 9.17) is 11.6 Å². The van der Waals surface area contributed by atoms with Crippen molar-refractivity contribution in [1.29, 1.82) is 0 Å². The molecule has 0 radical (unpaired) electrons. The number of hydrogen-bond acceptors (Lipinski definition) is 5. The van der Waals surface area contributed by atoms with E-state index in [-0.39, 0.29) is 9.79 Å². The number of rotatable bonds is 8. The number of para-hydroxylation sites is 1. The predicted molar refractivity (Wildman–Crippen MR) is 155 cm³/mol. The molecule has 202 valence electrons. The minimum Gasteiger partial charge on any atom is -0.322 e. The van der Waals surface area contributed by atoms with E-state index in [9.17, 15) is 21.6 Å². The van der Waals surface area contributed by atoms with Gasteiger partial charge < -0.3 is 5.32 Å². The van der Waals surface area contributed by atoms with Gasteiger partial charge in [0.1, 0.15) is 0 Å². The molecule has 0 heterocycles. The molecule has 0 atom stereocenters. The summed E-state index contributed by atoms with van der Waals surface area (Å²) in [5.41, 5.74) is 3.21. The van der Waals surface area contributed by atoms with Crippen molar-refractivity contribution in [3.63, 3.8) is 0 Å². The Hall–Kier alpha value is -3.86. The van der Waals surface area contributed by atoms with Crippen LogP contribution in [0.4, 0.5) is 17.1 Å². The fraction of sp³-hybridized carbons (Fsp3) is 0.107. The van der Waals surface area contributed by atoms with Crippen molar-refractivity contribution >= 4 is 54.6 Å².